The smallest absolute Gasteiger partial charge is 0.459 e. The molecule has 0 atom stereocenters. The number of esters is 1. The molecule has 0 saturated heterocycles. The van der Waals surface area contributed by atoms with Crippen LogP contribution in [0.2, 0.25) is 0 Å². The van der Waals surface area contributed by atoms with Crippen LogP contribution in [0.4, 0.5) is 18.9 Å². The molecule has 33 heavy (non-hydrogen) atoms. The third-order valence-electron chi connectivity index (χ3n) is 4.02. The van der Waals surface area contributed by atoms with Gasteiger partial charge in [0.2, 0.25) is 5.91 Å². The molecule has 1 heterocycles. The van der Waals surface area contributed by atoms with Gasteiger partial charge in [-0.2, -0.15) is 13.2 Å². The van der Waals surface area contributed by atoms with Gasteiger partial charge in [0.05, 0.1) is 0 Å². The van der Waals surface area contributed by atoms with Crippen LogP contribution in [-0.2, 0) is 25.7 Å². The molecule has 0 spiro atoms. The highest BCUT2D eigenvalue weighted by molar-refractivity contribution is 6.01. The van der Waals surface area contributed by atoms with Gasteiger partial charge in [0, 0.05) is 30.7 Å². The van der Waals surface area contributed by atoms with E-state index in [0.717, 1.165) is 5.56 Å². The van der Waals surface area contributed by atoms with Crippen LogP contribution < -0.4 is 10.2 Å². The fourth-order valence-corrected chi connectivity index (χ4v) is 2.62. The molecule has 0 unspecified atom stereocenters. The molecule has 0 saturated carbocycles. The number of ether oxygens (including phenoxy) is 1. The molecule has 2 rings (SSSR count). The Bertz CT molecular complexity index is 998. The van der Waals surface area contributed by atoms with Gasteiger partial charge in [-0.15, -0.1) is 0 Å². The fourth-order valence-electron chi connectivity index (χ4n) is 2.62. The maximum atomic E-state index is 13.1. The molecular formula is C23H24F3N3O4. The predicted molar refractivity (Wildman–Crippen MR) is 116 cm³/mol. The first-order valence-electron chi connectivity index (χ1n) is 9.90. The van der Waals surface area contributed by atoms with Crippen LogP contribution in [0.1, 0.15) is 31.9 Å². The van der Waals surface area contributed by atoms with E-state index in [2.05, 4.69) is 10.3 Å². The first-order valence-corrected chi connectivity index (χ1v) is 9.90. The highest BCUT2D eigenvalue weighted by atomic mass is 19.4. The van der Waals surface area contributed by atoms with E-state index in [-0.39, 0.29) is 18.1 Å². The van der Waals surface area contributed by atoms with Gasteiger partial charge in [0.25, 0.3) is 0 Å². The lowest BCUT2D eigenvalue weighted by Gasteiger charge is -2.26. The van der Waals surface area contributed by atoms with Crippen LogP contribution in [0.25, 0.3) is 6.08 Å². The Kier molecular flexibility index (Phi) is 8.33. The van der Waals surface area contributed by atoms with E-state index in [1.165, 1.54) is 36.4 Å². The second kappa shape index (κ2) is 10.8. The quantitative estimate of drug-likeness (QED) is 0.500. The molecule has 0 fully saturated rings. The number of alkyl halides is 3. The average molecular weight is 463 g/mol. The molecule has 1 N–H and O–H groups in total. The predicted octanol–water partition coefficient (Wildman–Crippen LogP) is 3.65. The highest BCUT2D eigenvalue weighted by Gasteiger charge is 2.44. The van der Waals surface area contributed by atoms with E-state index in [0.29, 0.717) is 10.5 Å². The van der Waals surface area contributed by atoms with E-state index in [4.69, 9.17) is 4.74 Å². The van der Waals surface area contributed by atoms with Gasteiger partial charge in [0.15, 0.2) is 0 Å². The van der Waals surface area contributed by atoms with Gasteiger partial charge in [0.1, 0.15) is 12.1 Å². The first-order chi connectivity index (χ1) is 15.3. The summed E-state index contributed by atoms with van der Waals surface area (Å²) >= 11 is 0. The van der Waals surface area contributed by atoms with Crippen LogP contribution in [0.3, 0.4) is 0 Å². The molecule has 1 aromatic carbocycles. The Hall–Kier alpha value is -3.69. The number of nitrogens with zero attached hydrogens (tertiary/aromatic N) is 2. The van der Waals surface area contributed by atoms with Gasteiger partial charge < -0.3 is 10.1 Å². The summed E-state index contributed by atoms with van der Waals surface area (Å²) in [7, 11) is 0. The number of anilines is 1. The number of halogens is 3. The minimum atomic E-state index is -5.17. The van der Waals surface area contributed by atoms with Crippen molar-refractivity contribution < 1.29 is 32.3 Å². The number of aromatic nitrogens is 1. The van der Waals surface area contributed by atoms with Gasteiger partial charge in [-0.05, 0) is 56.2 Å². The van der Waals surface area contributed by atoms with Crippen molar-refractivity contribution in [3.63, 3.8) is 0 Å². The summed E-state index contributed by atoms with van der Waals surface area (Å²) in [5.74, 6) is -3.54. The standard InChI is InChI=1S/C23H24F3N3O4/c1-22(2,3)33-20(31)15-29(21(32)23(24,25)26)18-9-6-16(7-10-18)8-11-19(30)28-14-17-5-4-12-27-13-17/h4-13H,14-15H2,1-3H3,(H,28,30)/b11-8+. The largest absolute Gasteiger partial charge is 0.471 e. The van der Waals surface area contributed by atoms with Crippen molar-refractivity contribution in [2.45, 2.75) is 39.1 Å². The molecule has 0 bridgehead atoms. The van der Waals surface area contributed by atoms with Crippen molar-refractivity contribution >= 4 is 29.5 Å². The van der Waals surface area contributed by atoms with Crippen molar-refractivity contribution in [3.8, 4) is 0 Å². The summed E-state index contributed by atoms with van der Waals surface area (Å²) in [6.07, 6.45) is 0.795. The zero-order chi connectivity index (χ0) is 24.6. The lowest BCUT2D eigenvalue weighted by Crippen LogP contribution is -2.45. The van der Waals surface area contributed by atoms with Crippen LogP contribution in [0, 0.1) is 0 Å². The van der Waals surface area contributed by atoms with E-state index in [9.17, 15) is 27.6 Å². The monoisotopic (exact) mass is 463 g/mol. The summed E-state index contributed by atoms with van der Waals surface area (Å²) < 4.78 is 44.2. The number of hydrogen-bond acceptors (Lipinski definition) is 5. The van der Waals surface area contributed by atoms with Crippen LogP contribution in [0.5, 0.6) is 0 Å². The SMILES string of the molecule is CC(C)(C)OC(=O)CN(C(=O)C(F)(F)F)c1ccc(/C=C/C(=O)NCc2cccnc2)cc1. The lowest BCUT2D eigenvalue weighted by atomic mass is 10.1. The van der Waals surface area contributed by atoms with Crippen LogP contribution in [0.15, 0.2) is 54.9 Å². The van der Waals surface area contributed by atoms with Gasteiger partial charge in [-0.1, -0.05) is 18.2 Å². The van der Waals surface area contributed by atoms with Crippen LogP contribution >= 0.6 is 0 Å². The molecule has 2 amide bonds. The van der Waals surface area contributed by atoms with Crippen LogP contribution in [-0.4, -0.2) is 41.1 Å². The molecule has 1 aromatic heterocycles. The molecule has 2 aromatic rings. The number of hydrogen-bond donors (Lipinski definition) is 1. The number of rotatable bonds is 7. The maximum Gasteiger partial charge on any atom is 0.471 e. The van der Waals surface area contributed by atoms with Gasteiger partial charge in [-0.3, -0.25) is 24.3 Å². The summed E-state index contributed by atoms with van der Waals surface area (Å²) in [6, 6.07) is 8.90. The Balaban J connectivity index is 2.08. The molecule has 0 aliphatic carbocycles. The normalized spacial score (nSPS) is 11.8. The van der Waals surface area contributed by atoms with Crippen molar-refractivity contribution in [1.82, 2.24) is 10.3 Å². The highest BCUT2D eigenvalue weighted by Crippen LogP contribution is 2.25. The Morgan fingerprint density at radius 3 is 2.30 bits per heavy atom. The third-order valence-corrected chi connectivity index (χ3v) is 4.02. The number of carbonyl (C=O) groups excluding carboxylic acids is 3. The van der Waals surface area contributed by atoms with Crippen molar-refractivity contribution in [2.75, 3.05) is 11.4 Å². The van der Waals surface area contributed by atoms with E-state index >= 15 is 0 Å². The Labute approximate surface area is 189 Å². The molecular weight excluding hydrogens is 439 g/mol. The number of nitrogens with one attached hydrogen (secondary N) is 1. The molecule has 10 heteroatoms. The molecule has 0 aliphatic heterocycles. The fraction of sp³-hybridized carbons (Fsp3) is 0.304. The Morgan fingerprint density at radius 2 is 1.76 bits per heavy atom. The first kappa shape index (κ1) is 25.6. The topological polar surface area (TPSA) is 88.6 Å². The summed E-state index contributed by atoms with van der Waals surface area (Å²) in [5.41, 5.74) is 0.271. The molecule has 0 radical (unpaired) electrons. The summed E-state index contributed by atoms with van der Waals surface area (Å²) in [6.45, 7) is 4.08. The number of pyridine rings is 1. The zero-order valence-electron chi connectivity index (χ0n) is 18.3. The number of carbonyl (C=O) groups is 3. The number of amides is 2. The molecule has 7 nitrogen and oxygen atoms in total. The maximum absolute atomic E-state index is 13.1. The lowest BCUT2D eigenvalue weighted by molar-refractivity contribution is -0.171. The average Bonchev–Trinajstić information content (AvgIpc) is 2.73. The second-order valence-corrected chi connectivity index (χ2v) is 7.98. The van der Waals surface area contributed by atoms with Gasteiger partial charge in [-0.25, -0.2) is 0 Å². The van der Waals surface area contributed by atoms with E-state index in [1.807, 2.05) is 0 Å². The minimum absolute atomic E-state index is 0.138. The van der Waals surface area contributed by atoms with Gasteiger partial charge >= 0.3 is 18.1 Å². The van der Waals surface area contributed by atoms with Crippen molar-refractivity contribution in [2.24, 2.45) is 0 Å². The van der Waals surface area contributed by atoms with Crippen molar-refractivity contribution in [3.05, 3.63) is 66.0 Å². The molecule has 0 aliphatic rings. The van der Waals surface area contributed by atoms with E-state index < -0.39 is 30.2 Å². The second-order valence-electron chi connectivity index (χ2n) is 7.98. The number of benzene rings is 1. The third kappa shape index (κ3) is 8.76. The summed E-state index contributed by atoms with van der Waals surface area (Å²) in [5, 5.41) is 2.68. The Morgan fingerprint density at radius 1 is 1.09 bits per heavy atom. The minimum Gasteiger partial charge on any atom is -0.459 e. The van der Waals surface area contributed by atoms with Crippen molar-refractivity contribution in [1.29, 1.82) is 0 Å². The van der Waals surface area contributed by atoms with E-state index in [1.54, 1.807) is 45.3 Å². The summed E-state index contributed by atoms with van der Waals surface area (Å²) in [4.78, 5) is 40.1. The zero-order valence-corrected chi connectivity index (χ0v) is 18.3. The molecule has 176 valence electrons.